The predicted molar refractivity (Wildman–Crippen MR) is 75.0 cm³/mol. The zero-order valence-corrected chi connectivity index (χ0v) is 11.6. The van der Waals surface area contributed by atoms with Gasteiger partial charge in [0, 0.05) is 18.4 Å². The van der Waals surface area contributed by atoms with E-state index in [-0.39, 0.29) is 11.4 Å². The summed E-state index contributed by atoms with van der Waals surface area (Å²) in [4.78, 5) is 16.9. The number of amides is 1. The first kappa shape index (κ1) is 12.2. The van der Waals surface area contributed by atoms with Crippen LogP contribution in [0.3, 0.4) is 0 Å². The smallest absolute Gasteiger partial charge is 0.255 e. The first-order valence-corrected chi connectivity index (χ1v) is 6.64. The monoisotopic (exact) mass is 257 g/mol. The molecule has 100 valence electrons. The molecule has 4 nitrogen and oxygen atoms in total. The van der Waals surface area contributed by atoms with Gasteiger partial charge in [-0.2, -0.15) is 0 Å². The Labute approximate surface area is 113 Å². The Morgan fingerprint density at radius 2 is 1.79 bits per heavy atom. The maximum Gasteiger partial charge on any atom is 0.255 e. The van der Waals surface area contributed by atoms with E-state index in [1.54, 1.807) is 0 Å². The predicted octanol–water partition coefficient (Wildman–Crippen LogP) is 1.40. The quantitative estimate of drug-likeness (QED) is 0.738. The minimum atomic E-state index is -0.628. The number of carbonyl (C=O) groups excluding carboxylic acids is 1. The lowest BCUT2D eigenvalue weighted by atomic mass is 9.97. The number of guanidine groups is 1. The summed E-state index contributed by atoms with van der Waals surface area (Å²) in [6.45, 7) is 6.15. The molecule has 1 aliphatic carbocycles. The van der Waals surface area contributed by atoms with Crippen LogP contribution in [0.15, 0.2) is 29.3 Å². The normalized spacial score (nSPS) is 20.2. The number of fused-ring (bicyclic) bond motifs is 1. The van der Waals surface area contributed by atoms with Crippen molar-refractivity contribution in [2.24, 2.45) is 4.99 Å². The van der Waals surface area contributed by atoms with Gasteiger partial charge in [-0.3, -0.25) is 10.1 Å². The van der Waals surface area contributed by atoms with Gasteiger partial charge in [0.25, 0.3) is 5.91 Å². The minimum absolute atomic E-state index is 0.00968. The highest BCUT2D eigenvalue weighted by molar-refractivity contribution is 6.08. The van der Waals surface area contributed by atoms with Crippen molar-refractivity contribution in [3.8, 4) is 0 Å². The molecule has 1 aromatic carbocycles. The minimum Gasteiger partial charge on any atom is -0.351 e. The highest BCUT2D eigenvalue weighted by atomic mass is 16.2. The fraction of sp³-hybridized carbons (Fsp3) is 0.467. The molecular weight excluding hydrogens is 238 g/mol. The maximum absolute atomic E-state index is 12.3. The summed E-state index contributed by atoms with van der Waals surface area (Å²) in [5.41, 5.74) is 1.73. The van der Waals surface area contributed by atoms with Crippen LogP contribution >= 0.6 is 0 Å². The van der Waals surface area contributed by atoms with E-state index in [4.69, 9.17) is 0 Å². The number of nitrogens with one attached hydrogen (secondary N) is 2. The van der Waals surface area contributed by atoms with Crippen LogP contribution in [0.1, 0.15) is 31.9 Å². The Hall–Kier alpha value is -1.84. The van der Waals surface area contributed by atoms with Gasteiger partial charge in [-0.1, -0.05) is 24.3 Å². The second-order valence-electron chi connectivity index (χ2n) is 6.44. The Balaban J connectivity index is 1.89. The number of carbonyl (C=O) groups is 1. The summed E-state index contributed by atoms with van der Waals surface area (Å²) < 4.78 is 0. The Morgan fingerprint density at radius 3 is 2.32 bits per heavy atom. The first-order valence-electron chi connectivity index (χ1n) is 6.64. The van der Waals surface area contributed by atoms with Crippen LogP contribution in [-0.2, 0) is 17.6 Å². The first-order chi connectivity index (χ1) is 8.88. The Kier molecular flexibility index (Phi) is 2.46. The average molecular weight is 257 g/mol. The number of aliphatic imine (C=N–C) groups is 1. The third kappa shape index (κ3) is 2.11. The average Bonchev–Trinajstić information content (AvgIpc) is 2.77. The van der Waals surface area contributed by atoms with Gasteiger partial charge < -0.3 is 5.32 Å². The van der Waals surface area contributed by atoms with Crippen LogP contribution in [0.4, 0.5) is 0 Å². The topological polar surface area (TPSA) is 53.5 Å². The van der Waals surface area contributed by atoms with Gasteiger partial charge in [-0.15, -0.1) is 0 Å². The molecule has 2 N–H and O–H groups in total. The molecule has 0 radical (unpaired) electrons. The number of hydrogen-bond acceptors (Lipinski definition) is 3. The molecule has 0 atom stereocenters. The molecule has 1 spiro atoms. The van der Waals surface area contributed by atoms with Crippen molar-refractivity contribution in [2.75, 3.05) is 0 Å². The molecule has 1 aliphatic heterocycles. The number of benzene rings is 1. The van der Waals surface area contributed by atoms with E-state index in [2.05, 4.69) is 48.5 Å². The van der Waals surface area contributed by atoms with Crippen molar-refractivity contribution in [3.63, 3.8) is 0 Å². The van der Waals surface area contributed by atoms with E-state index in [1.165, 1.54) is 11.1 Å². The van der Waals surface area contributed by atoms with Crippen LogP contribution in [-0.4, -0.2) is 22.9 Å². The molecule has 0 fully saturated rings. The SMILES string of the molecule is CC(C)(C)NC1=NC2(Cc3ccccc3C2)C(=O)N1. The van der Waals surface area contributed by atoms with Crippen LogP contribution in [0.5, 0.6) is 0 Å². The van der Waals surface area contributed by atoms with Crippen molar-refractivity contribution >= 4 is 11.9 Å². The van der Waals surface area contributed by atoms with Crippen LogP contribution in [0.25, 0.3) is 0 Å². The van der Waals surface area contributed by atoms with Gasteiger partial charge in [0.2, 0.25) is 0 Å². The lowest BCUT2D eigenvalue weighted by molar-refractivity contribution is -0.123. The molecule has 19 heavy (non-hydrogen) atoms. The molecule has 4 heteroatoms. The molecular formula is C15H19N3O. The molecule has 0 saturated heterocycles. The Morgan fingerprint density at radius 1 is 1.21 bits per heavy atom. The molecule has 1 aromatic rings. The summed E-state index contributed by atoms with van der Waals surface area (Å²) in [5, 5.41) is 6.12. The van der Waals surface area contributed by atoms with E-state index in [0.29, 0.717) is 18.8 Å². The maximum atomic E-state index is 12.3. The molecule has 1 heterocycles. The van der Waals surface area contributed by atoms with Crippen molar-refractivity contribution in [3.05, 3.63) is 35.4 Å². The third-order valence-corrected chi connectivity index (χ3v) is 3.56. The zero-order valence-electron chi connectivity index (χ0n) is 11.6. The van der Waals surface area contributed by atoms with Gasteiger partial charge >= 0.3 is 0 Å². The zero-order chi connectivity index (χ0) is 13.7. The summed E-state index contributed by atoms with van der Waals surface area (Å²) in [6, 6.07) is 8.20. The molecule has 0 unspecified atom stereocenters. The third-order valence-electron chi connectivity index (χ3n) is 3.56. The molecule has 0 saturated carbocycles. The van der Waals surface area contributed by atoms with Crippen LogP contribution < -0.4 is 10.6 Å². The van der Waals surface area contributed by atoms with E-state index < -0.39 is 5.54 Å². The van der Waals surface area contributed by atoms with Crippen molar-refractivity contribution < 1.29 is 4.79 Å². The van der Waals surface area contributed by atoms with Gasteiger partial charge in [-0.05, 0) is 31.9 Å². The van der Waals surface area contributed by atoms with Gasteiger partial charge in [0.15, 0.2) is 11.5 Å². The highest BCUT2D eigenvalue weighted by Crippen LogP contribution is 2.35. The summed E-state index contributed by atoms with van der Waals surface area (Å²) in [6.07, 6.45) is 1.40. The van der Waals surface area contributed by atoms with Gasteiger partial charge in [-0.25, -0.2) is 4.99 Å². The fourth-order valence-corrected chi connectivity index (χ4v) is 2.77. The van der Waals surface area contributed by atoms with E-state index in [1.807, 2.05) is 12.1 Å². The van der Waals surface area contributed by atoms with Crippen LogP contribution in [0, 0.1) is 0 Å². The van der Waals surface area contributed by atoms with E-state index >= 15 is 0 Å². The molecule has 3 rings (SSSR count). The number of nitrogens with zero attached hydrogens (tertiary/aromatic N) is 1. The molecule has 2 aliphatic rings. The standard InChI is InChI=1S/C15H19N3O/c1-14(2,3)17-13-16-12(19)15(18-13)8-10-6-4-5-7-11(10)9-15/h4-7H,8-9H2,1-3H3,(H2,16,17,18,19). The summed E-state index contributed by atoms with van der Waals surface area (Å²) >= 11 is 0. The van der Waals surface area contributed by atoms with Crippen LogP contribution in [0.2, 0.25) is 0 Å². The second kappa shape index (κ2) is 3.83. The van der Waals surface area contributed by atoms with Gasteiger partial charge in [0.05, 0.1) is 0 Å². The second-order valence-corrected chi connectivity index (χ2v) is 6.44. The Bertz CT molecular complexity index is 544. The fourth-order valence-electron chi connectivity index (χ4n) is 2.77. The molecule has 0 aromatic heterocycles. The lowest BCUT2D eigenvalue weighted by Gasteiger charge is -2.21. The number of rotatable bonds is 0. The van der Waals surface area contributed by atoms with E-state index in [9.17, 15) is 4.79 Å². The highest BCUT2D eigenvalue weighted by Gasteiger charge is 2.48. The summed E-state index contributed by atoms with van der Waals surface area (Å²) in [5.74, 6) is 0.612. The molecule has 0 bridgehead atoms. The van der Waals surface area contributed by atoms with Crippen molar-refractivity contribution in [1.82, 2.24) is 10.6 Å². The van der Waals surface area contributed by atoms with E-state index in [0.717, 1.165) is 0 Å². The van der Waals surface area contributed by atoms with Crippen molar-refractivity contribution in [1.29, 1.82) is 0 Å². The lowest BCUT2D eigenvalue weighted by Crippen LogP contribution is -2.47. The largest absolute Gasteiger partial charge is 0.351 e. The number of hydrogen-bond donors (Lipinski definition) is 2. The molecule has 1 amide bonds. The summed E-state index contributed by atoms with van der Waals surface area (Å²) in [7, 11) is 0. The van der Waals surface area contributed by atoms with Crippen molar-refractivity contribution in [2.45, 2.75) is 44.7 Å². The van der Waals surface area contributed by atoms with Gasteiger partial charge in [0.1, 0.15) is 0 Å².